The second-order valence-corrected chi connectivity index (χ2v) is 8.18. The molecule has 166 valence electrons. The van der Waals surface area contributed by atoms with Crippen molar-refractivity contribution in [3.8, 4) is 22.4 Å². The Morgan fingerprint density at radius 3 is 2.64 bits per heavy atom. The summed E-state index contributed by atoms with van der Waals surface area (Å²) < 4.78 is 17.0. The minimum atomic E-state index is -0.730. The number of hydrogen-bond acceptors (Lipinski definition) is 4. The van der Waals surface area contributed by atoms with Gasteiger partial charge in [-0.1, -0.05) is 23.7 Å². The maximum Gasteiger partial charge on any atom is 0.251 e. The molecule has 0 bridgehead atoms. The van der Waals surface area contributed by atoms with Crippen molar-refractivity contribution in [3.05, 3.63) is 93.9 Å². The zero-order valence-corrected chi connectivity index (χ0v) is 18.3. The molecule has 3 aromatic heterocycles. The number of rotatable bonds is 5. The molecule has 0 aliphatic rings. The predicted octanol–water partition coefficient (Wildman–Crippen LogP) is 4.17. The average molecular weight is 464 g/mol. The number of aromatic amines is 1. The van der Waals surface area contributed by atoms with Crippen molar-refractivity contribution in [2.45, 2.75) is 6.04 Å². The summed E-state index contributed by atoms with van der Waals surface area (Å²) in [6.07, 6.45) is 5.24. The number of fused-ring (bicyclic) bond motifs is 1. The van der Waals surface area contributed by atoms with Gasteiger partial charge in [-0.25, -0.2) is 4.39 Å². The van der Waals surface area contributed by atoms with Gasteiger partial charge in [0.15, 0.2) is 0 Å². The van der Waals surface area contributed by atoms with Crippen molar-refractivity contribution in [1.29, 1.82) is 0 Å². The number of H-pyrrole nitrogens is 1. The van der Waals surface area contributed by atoms with Crippen molar-refractivity contribution in [2.24, 2.45) is 7.05 Å². The first-order valence-electron chi connectivity index (χ1n) is 10.2. The number of aliphatic hydroxyl groups excluding tert-OH is 1. The van der Waals surface area contributed by atoms with E-state index in [2.05, 4.69) is 15.3 Å². The Morgan fingerprint density at radius 2 is 1.94 bits per heavy atom. The average Bonchev–Trinajstić information content (AvgIpc) is 3.43. The number of hydrogen-bond donors (Lipinski definition) is 2. The predicted molar refractivity (Wildman–Crippen MR) is 125 cm³/mol. The van der Waals surface area contributed by atoms with Crippen LogP contribution in [0.3, 0.4) is 0 Å². The van der Waals surface area contributed by atoms with Gasteiger partial charge in [0, 0.05) is 36.5 Å². The maximum atomic E-state index is 13.9. The standard InChI is InChI=1S/C24H19ClFN5O2/c1-30-12-17(11-27-30)24-18-8-14(3-5-21(18)28-29-24)15-6-7-31(23(33)10-15)22(13-32)16-2-4-19(25)20(26)9-16/h2-12,22,32H,13H2,1H3,(H,28,29)/t22-/m1/s1. The fraction of sp³-hybridized carbons (Fsp3) is 0.125. The summed E-state index contributed by atoms with van der Waals surface area (Å²) in [7, 11) is 1.84. The number of halogens is 2. The lowest BCUT2D eigenvalue weighted by molar-refractivity contribution is 0.247. The van der Waals surface area contributed by atoms with Gasteiger partial charge in [0.1, 0.15) is 11.5 Å². The third-order valence-electron chi connectivity index (χ3n) is 5.66. The normalized spacial score (nSPS) is 12.4. The highest BCUT2D eigenvalue weighted by atomic mass is 35.5. The highest BCUT2D eigenvalue weighted by molar-refractivity contribution is 6.30. The Bertz CT molecular complexity index is 1540. The van der Waals surface area contributed by atoms with E-state index in [9.17, 15) is 14.3 Å². The molecule has 0 aliphatic heterocycles. The summed E-state index contributed by atoms with van der Waals surface area (Å²) in [5, 5.41) is 22.4. The summed E-state index contributed by atoms with van der Waals surface area (Å²) in [5.74, 6) is -0.602. The Balaban J connectivity index is 1.53. The molecule has 0 spiro atoms. The summed E-state index contributed by atoms with van der Waals surface area (Å²) in [5.41, 5.74) is 4.23. The maximum absolute atomic E-state index is 13.9. The largest absolute Gasteiger partial charge is 0.394 e. The van der Waals surface area contributed by atoms with Gasteiger partial charge in [-0.05, 0) is 47.0 Å². The highest BCUT2D eigenvalue weighted by Gasteiger charge is 2.17. The van der Waals surface area contributed by atoms with Gasteiger partial charge < -0.3 is 9.67 Å². The number of nitrogens with one attached hydrogen (secondary N) is 1. The van der Waals surface area contributed by atoms with E-state index in [1.54, 1.807) is 29.2 Å². The lowest BCUT2D eigenvalue weighted by Gasteiger charge is -2.19. The van der Waals surface area contributed by atoms with Gasteiger partial charge >= 0.3 is 0 Å². The van der Waals surface area contributed by atoms with Gasteiger partial charge in [0.2, 0.25) is 0 Å². The zero-order valence-electron chi connectivity index (χ0n) is 17.5. The Kier molecular flexibility index (Phi) is 5.32. The Labute approximate surface area is 192 Å². The van der Waals surface area contributed by atoms with Crippen LogP contribution < -0.4 is 5.56 Å². The molecule has 2 N–H and O–H groups in total. The van der Waals surface area contributed by atoms with Crippen LogP contribution in [0, 0.1) is 5.82 Å². The van der Waals surface area contributed by atoms with E-state index >= 15 is 0 Å². The second kappa shape index (κ2) is 8.31. The minimum Gasteiger partial charge on any atom is -0.394 e. The third-order valence-corrected chi connectivity index (χ3v) is 5.97. The minimum absolute atomic E-state index is 0.0153. The zero-order chi connectivity index (χ0) is 23.1. The molecule has 0 saturated heterocycles. The molecule has 1 atom stereocenters. The molecule has 33 heavy (non-hydrogen) atoms. The molecule has 0 amide bonds. The number of aliphatic hydroxyl groups is 1. The van der Waals surface area contributed by atoms with Gasteiger partial charge in [-0.15, -0.1) is 0 Å². The van der Waals surface area contributed by atoms with Crippen LogP contribution in [0.5, 0.6) is 0 Å². The quantitative estimate of drug-likeness (QED) is 0.409. The third kappa shape index (κ3) is 3.83. The van der Waals surface area contributed by atoms with Gasteiger partial charge in [0.25, 0.3) is 5.56 Å². The second-order valence-electron chi connectivity index (χ2n) is 7.77. The van der Waals surface area contributed by atoms with Crippen LogP contribution in [0.2, 0.25) is 5.02 Å². The van der Waals surface area contributed by atoms with Crippen LogP contribution in [0.4, 0.5) is 4.39 Å². The van der Waals surface area contributed by atoms with Gasteiger partial charge in [-0.2, -0.15) is 10.2 Å². The number of aromatic nitrogens is 5. The van der Waals surface area contributed by atoms with E-state index in [1.807, 2.05) is 31.4 Å². The molecule has 5 aromatic rings. The first-order chi connectivity index (χ1) is 15.9. The Hall–Kier alpha value is -3.75. The number of nitrogens with zero attached hydrogens (tertiary/aromatic N) is 4. The van der Waals surface area contributed by atoms with Crippen LogP contribution in [0.25, 0.3) is 33.3 Å². The van der Waals surface area contributed by atoms with E-state index in [0.29, 0.717) is 5.56 Å². The fourth-order valence-corrected chi connectivity index (χ4v) is 4.08. The molecule has 3 heterocycles. The lowest BCUT2D eigenvalue weighted by atomic mass is 10.0. The van der Waals surface area contributed by atoms with E-state index < -0.39 is 11.9 Å². The van der Waals surface area contributed by atoms with Crippen LogP contribution in [-0.2, 0) is 7.05 Å². The number of benzene rings is 2. The lowest BCUT2D eigenvalue weighted by Crippen LogP contribution is -2.26. The first kappa shape index (κ1) is 21.1. The van der Waals surface area contributed by atoms with Crippen molar-refractivity contribution in [1.82, 2.24) is 24.5 Å². The van der Waals surface area contributed by atoms with Crippen LogP contribution in [-0.4, -0.2) is 36.3 Å². The number of pyridine rings is 1. The highest BCUT2D eigenvalue weighted by Crippen LogP contribution is 2.30. The van der Waals surface area contributed by atoms with E-state index in [-0.39, 0.29) is 17.2 Å². The fourth-order valence-electron chi connectivity index (χ4n) is 3.96. The van der Waals surface area contributed by atoms with Crippen molar-refractivity contribution < 1.29 is 9.50 Å². The van der Waals surface area contributed by atoms with Gasteiger partial charge in [0.05, 0.1) is 29.4 Å². The SMILES string of the molecule is Cn1cc(-c2n[nH]c3ccc(-c4ccn([C@H](CO)c5ccc(Cl)c(F)c5)c(=O)c4)cc23)cn1. The van der Waals surface area contributed by atoms with Crippen molar-refractivity contribution in [2.75, 3.05) is 6.61 Å². The van der Waals surface area contributed by atoms with Crippen molar-refractivity contribution in [3.63, 3.8) is 0 Å². The molecule has 9 heteroatoms. The summed E-state index contributed by atoms with van der Waals surface area (Å²) in [4.78, 5) is 12.9. The molecule has 2 aromatic carbocycles. The molecule has 0 aliphatic carbocycles. The molecule has 0 fully saturated rings. The van der Waals surface area contributed by atoms with Crippen LogP contribution >= 0.6 is 11.6 Å². The van der Waals surface area contributed by atoms with Crippen molar-refractivity contribution >= 4 is 22.5 Å². The van der Waals surface area contributed by atoms with E-state index in [4.69, 9.17) is 11.6 Å². The van der Waals surface area contributed by atoms with Gasteiger partial charge in [-0.3, -0.25) is 14.6 Å². The molecular formula is C24H19ClFN5O2. The first-order valence-corrected chi connectivity index (χ1v) is 10.6. The smallest absolute Gasteiger partial charge is 0.251 e. The molecule has 5 rings (SSSR count). The molecule has 0 saturated carbocycles. The molecule has 7 nitrogen and oxygen atoms in total. The molecular weight excluding hydrogens is 445 g/mol. The topological polar surface area (TPSA) is 88.7 Å². The van der Waals surface area contributed by atoms with Crippen LogP contribution in [0.1, 0.15) is 11.6 Å². The summed E-state index contributed by atoms with van der Waals surface area (Å²) >= 11 is 5.76. The Morgan fingerprint density at radius 1 is 1.12 bits per heavy atom. The summed E-state index contributed by atoms with van der Waals surface area (Å²) in [6, 6.07) is 12.6. The monoisotopic (exact) mass is 463 g/mol. The van der Waals surface area contributed by atoms with E-state index in [1.165, 1.54) is 22.8 Å². The molecule has 0 radical (unpaired) electrons. The number of aryl methyl sites for hydroxylation is 1. The van der Waals surface area contributed by atoms with E-state index in [0.717, 1.165) is 33.3 Å². The summed E-state index contributed by atoms with van der Waals surface area (Å²) in [6.45, 7) is -0.365. The molecule has 0 unspecified atom stereocenters. The van der Waals surface area contributed by atoms with Crippen LogP contribution in [0.15, 0.2) is 71.9 Å².